The monoisotopic (exact) mass is 198 g/mol. The first kappa shape index (κ1) is 9.49. The van der Waals surface area contributed by atoms with Crippen LogP contribution in [0.1, 0.15) is 13.3 Å². The highest BCUT2D eigenvalue weighted by atomic mass is 16.7. The molecule has 2 rings (SSSR count). The summed E-state index contributed by atoms with van der Waals surface area (Å²) < 4.78 is 11.0. The number of rotatable bonds is 0. The predicted molar refractivity (Wildman–Crippen MR) is 57.1 cm³/mol. The molecule has 0 radical (unpaired) electrons. The molecule has 1 spiro atoms. The Balaban J connectivity index is 2.02. The molecular weight excluding hydrogens is 188 g/mol. The smallest absolute Gasteiger partial charge is 0.274 e. The van der Waals surface area contributed by atoms with Gasteiger partial charge >= 0.3 is 0 Å². The van der Waals surface area contributed by atoms with Gasteiger partial charge in [-0.3, -0.25) is 0 Å². The van der Waals surface area contributed by atoms with Gasteiger partial charge in [0.25, 0.3) is 5.79 Å². The van der Waals surface area contributed by atoms with Gasteiger partial charge in [-0.05, 0) is 30.9 Å². The second-order valence-electron chi connectivity index (χ2n) is 3.13. The van der Waals surface area contributed by atoms with Crippen molar-refractivity contribution >= 4 is 0 Å². The van der Waals surface area contributed by atoms with Crippen molar-refractivity contribution in [1.82, 2.24) is 0 Å². The zero-order valence-corrected chi connectivity index (χ0v) is 8.41. The molecule has 0 saturated carbocycles. The molecule has 2 heteroatoms. The largest absolute Gasteiger partial charge is 0.457 e. The van der Waals surface area contributed by atoms with Gasteiger partial charge in [-0.25, -0.2) is 0 Å². The standard InChI is InChI=1S/C13H10O2/c1-2-3-4-5-7-12-8-10-13(15-12)9-6-11-14-13/h6-8,10-11H,9H2,1H3/b12-7+/t13-/m0/s1. The molecule has 0 aromatic rings. The lowest BCUT2D eigenvalue weighted by atomic mass is 10.2. The second kappa shape index (κ2) is 3.98. The van der Waals surface area contributed by atoms with Crippen LogP contribution in [0.2, 0.25) is 0 Å². The van der Waals surface area contributed by atoms with Crippen molar-refractivity contribution in [2.45, 2.75) is 19.1 Å². The van der Waals surface area contributed by atoms with Gasteiger partial charge in [0.15, 0.2) is 0 Å². The van der Waals surface area contributed by atoms with Crippen LogP contribution in [0, 0.1) is 23.7 Å². The quantitative estimate of drug-likeness (QED) is 0.555. The Bertz CT molecular complexity index is 450. The molecule has 0 amide bonds. The first-order valence-corrected chi connectivity index (χ1v) is 4.68. The molecule has 2 aliphatic rings. The Labute approximate surface area is 89.3 Å². The van der Waals surface area contributed by atoms with E-state index in [-0.39, 0.29) is 0 Å². The molecule has 0 bridgehead atoms. The van der Waals surface area contributed by atoms with E-state index < -0.39 is 5.79 Å². The Morgan fingerprint density at radius 1 is 1.47 bits per heavy atom. The van der Waals surface area contributed by atoms with Crippen LogP contribution in [0.25, 0.3) is 0 Å². The van der Waals surface area contributed by atoms with E-state index in [4.69, 9.17) is 9.47 Å². The average Bonchev–Trinajstić information content (AvgIpc) is 2.85. The molecule has 0 N–H and O–H groups in total. The highest BCUT2D eigenvalue weighted by Gasteiger charge is 2.36. The summed E-state index contributed by atoms with van der Waals surface area (Å²) in [6.45, 7) is 1.75. The fraction of sp³-hybridized carbons (Fsp3) is 0.231. The molecule has 2 aliphatic heterocycles. The molecule has 2 nitrogen and oxygen atoms in total. The molecule has 74 valence electrons. The number of hydrogen-bond donors (Lipinski definition) is 0. The third-order valence-electron chi connectivity index (χ3n) is 2.03. The zero-order valence-electron chi connectivity index (χ0n) is 8.41. The lowest BCUT2D eigenvalue weighted by Crippen LogP contribution is -2.24. The van der Waals surface area contributed by atoms with Gasteiger partial charge < -0.3 is 9.47 Å². The first-order valence-electron chi connectivity index (χ1n) is 4.68. The zero-order chi connectivity index (χ0) is 10.6. The molecule has 1 atom stereocenters. The molecule has 0 unspecified atom stereocenters. The minimum atomic E-state index is -0.607. The number of ether oxygens (including phenoxy) is 2. The SMILES string of the molecule is CC#CC#C/C=C1\C=C[C@]2(CC=CO2)O1. The van der Waals surface area contributed by atoms with E-state index in [2.05, 4.69) is 23.7 Å². The van der Waals surface area contributed by atoms with Gasteiger partial charge in [-0.15, -0.1) is 0 Å². The normalized spacial score (nSPS) is 27.9. The molecule has 0 aliphatic carbocycles. The third-order valence-corrected chi connectivity index (χ3v) is 2.03. The third kappa shape index (κ3) is 2.06. The van der Waals surface area contributed by atoms with Gasteiger partial charge in [0.2, 0.25) is 0 Å². The maximum Gasteiger partial charge on any atom is 0.274 e. The fourth-order valence-electron chi connectivity index (χ4n) is 1.36. The van der Waals surface area contributed by atoms with Crippen molar-refractivity contribution in [3.63, 3.8) is 0 Å². The van der Waals surface area contributed by atoms with Crippen LogP contribution in [-0.2, 0) is 9.47 Å². The maximum atomic E-state index is 5.60. The van der Waals surface area contributed by atoms with E-state index in [1.54, 1.807) is 19.3 Å². The minimum absolute atomic E-state index is 0.607. The Kier molecular flexibility index (Phi) is 2.52. The van der Waals surface area contributed by atoms with Crippen LogP contribution in [0.3, 0.4) is 0 Å². The van der Waals surface area contributed by atoms with Crippen molar-refractivity contribution in [3.8, 4) is 23.7 Å². The molecule has 2 heterocycles. The van der Waals surface area contributed by atoms with Crippen LogP contribution in [0.4, 0.5) is 0 Å². The number of hydrogen-bond acceptors (Lipinski definition) is 2. The van der Waals surface area contributed by atoms with Gasteiger partial charge in [0.1, 0.15) is 5.76 Å². The van der Waals surface area contributed by atoms with Crippen molar-refractivity contribution in [2.75, 3.05) is 0 Å². The van der Waals surface area contributed by atoms with Crippen molar-refractivity contribution in [1.29, 1.82) is 0 Å². The molecule has 15 heavy (non-hydrogen) atoms. The van der Waals surface area contributed by atoms with E-state index in [9.17, 15) is 0 Å². The topological polar surface area (TPSA) is 18.5 Å². The van der Waals surface area contributed by atoms with Crippen molar-refractivity contribution < 1.29 is 9.47 Å². The molecule has 0 aromatic carbocycles. The maximum absolute atomic E-state index is 5.60. The molecular formula is C13H10O2. The van der Waals surface area contributed by atoms with E-state index in [0.717, 1.165) is 6.42 Å². The minimum Gasteiger partial charge on any atom is -0.457 e. The summed E-state index contributed by atoms with van der Waals surface area (Å²) >= 11 is 0. The summed E-state index contributed by atoms with van der Waals surface area (Å²) in [5, 5.41) is 0. The number of allylic oxidation sites excluding steroid dienone is 2. The lowest BCUT2D eigenvalue weighted by molar-refractivity contribution is -0.115. The predicted octanol–water partition coefficient (Wildman–Crippen LogP) is 2.11. The average molecular weight is 198 g/mol. The first-order chi connectivity index (χ1) is 7.35. The summed E-state index contributed by atoms with van der Waals surface area (Å²) in [4.78, 5) is 0. The van der Waals surface area contributed by atoms with E-state index >= 15 is 0 Å². The highest BCUT2D eigenvalue weighted by molar-refractivity contribution is 5.35. The summed E-state index contributed by atoms with van der Waals surface area (Å²) in [5.41, 5.74) is 0. The van der Waals surface area contributed by atoms with E-state index in [1.807, 2.05) is 18.2 Å². The molecule has 0 aromatic heterocycles. The van der Waals surface area contributed by atoms with Crippen LogP contribution in [0.15, 0.2) is 36.3 Å². The highest BCUT2D eigenvalue weighted by Crippen LogP contribution is 2.34. The molecule has 0 fully saturated rings. The summed E-state index contributed by atoms with van der Waals surface area (Å²) in [6, 6.07) is 0. The van der Waals surface area contributed by atoms with Gasteiger partial charge in [0.05, 0.1) is 12.7 Å². The lowest BCUT2D eigenvalue weighted by Gasteiger charge is -2.20. The van der Waals surface area contributed by atoms with Gasteiger partial charge in [0, 0.05) is 12.2 Å². The Morgan fingerprint density at radius 3 is 3.13 bits per heavy atom. The fourth-order valence-corrected chi connectivity index (χ4v) is 1.36. The van der Waals surface area contributed by atoms with Gasteiger partial charge in [-0.1, -0.05) is 11.8 Å². The van der Waals surface area contributed by atoms with Crippen LogP contribution in [0.5, 0.6) is 0 Å². The second-order valence-corrected chi connectivity index (χ2v) is 3.13. The summed E-state index contributed by atoms with van der Waals surface area (Å²) in [6.07, 6.45) is 9.77. The summed E-state index contributed by atoms with van der Waals surface area (Å²) in [5.74, 6) is 10.9. The van der Waals surface area contributed by atoms with E-state index in [0.29, 0.717) is 5.76 Å². The van der Waals surface area contributed by atoms with Crippen LogP contribution < -0.4 is 0 Å². The summed E-state index contributed by atoms with van der Waals surface area (Å²) in [7, 11) is 0. The molecule has 0 saturated heterocycles. The van der Waals surface area contributed by atoms with Crippen LogP contribution in [-0.4, -0.2) is 5.79 Å². The Hall–Kier alpha value is -2.06. The van der Waals surface area contributed by atoms with Crippen LogP contribution >= 0.6 is 0 Å². The van der Waals surface area contributed by atoms with E-state index in [1.165, 1.54) is 0 Å². The van der Waals surface area contributed by atoms with Crippen molar-refractivity contribution in [3.05, 3.63) is 36.3 Å². The van der Waals surface area contributed by atoms with Gasteiger partial charge in [-0.2, -0.15) is 0 Å². The van der Waals surface area contributed by atoms with Crippen molar-refractivity contribution in [2.24, 2.45) is 0 Å². The Morgan fingerprint density at radius 2 is 2.40 bits per heavy atom.